The summed E-state index contributed by atoms with van der Waals surface area (Å²) in [7, 11) is -4.11. The molecule has 90 valence electrons. The van der Waals surface area contributed by atoms with Gasteiger partial charge < -0.3 is 0 Å². The molecule has 3 nitrogen and oxygen atoms in total. The standard InChI is InChI=1S/C13H14O3S/c1-2-3-10-4-5-12-9-13(17(14,15)16)7-6-11(12)8-10/h4-9H,2-3H2,1H3,(H,14,15,16). The van der Waals surface area contributed by atoms with E-state index in [0.717, 1.165) is 23.6 Å². The van der Waals surface area contributed by atoms with Crippen molar-refractivity contribution in [2.24, 2.45) is 0 Å². The molecule has 17 heavy (non-hydrogen) atoms. The van der Waals surface area contributed by atoms with Crippen LogP contribution in [0.5, 0.6) is 0 Å². The Kier molecular flexibility index (Phi) is 3.17. The summed E-state index contributed by atoms with van der Waals surface area (Å²) >= 11 is 0. The van der Waals surface area contributed by atoms with E-state index in [1.165, 1.54) is 17.7 Å². The van der Waals surface area contributed by atoms with E-state index in [1.54, 1.807) is 6.07 Å². The third-order valence-corrected chi connectivity index (χ3v) is 3.56. The maximum absolute atomic E-state index is 11.0. The fourth-order valence-corrected chi connectivity index (χ4v) is 2.39. The fraction of sp³-hybridized carbons (Fsp3) is 0.231. The molecule has 1 N–H and O–H groups in total. The van der Waals surface area contributed by atoms with Crippen LogP contribution in [0.15, 0.2) is 41.3 Å². The van der Waals surface area contributed by atoms with E-state index in [-0.39, 0.29) is 4.90 Å². The lowest BCUT2D eigenvalue weighted by Crippen LogP contribution is -1.97. The van der Waals surface area contributed by atoms with E-state index in [1.807, 2.05) is 18.2 Å². The van der Waals surface area contributed by atoms with E-state index in [4.69, 9.17) is 4.55 Å². The van der Waals surface area contributed by atoms with Gasteiger partial charge in [-0.1, -0.05) is 37.6 Å². The minimum Gasteiger partial charge on any atom is -0.282 e. The molecule has 0 aliphatic heterocycles. The molecule has 2 aromatic carbocycles. The first kappa shape index (κ1) is 12.1. The van der Waals surface area contributed by atoms with Crippen LogP contribution >= 0.6 is 0 Å². The summed E-state index contributed by atoms with van der Waals surface area (Å²) in [6, 6.07) is 10.5. The predicted molar refractivity (Wildman–Crippen MR) is 67.8 cm³/mol. The third kappa shape index (κ3) is 2.65. The Bertz CT molecular complexity index is 645. The summed E-state index contributed by atoms with van der Waals surface area (Å²) in [5, 5.41) is 1.81. The normalized spacial score (nSPS) is 11.9. The van der Waals surface area contributed by atoms with Crippen LogP contribution in [0.25, 0.3) is 10.8 Å². The molecule has 0 spiro atoms. The van der Waals surface area contributed by atoms with E-state index >= 15 is 0 Å². The zero-order valence-electron chi connectivity index (χ0n) is 9.55. The maximum Gasteiger partial charge on any atom is 0.294 e. The van der Waals surface area contributed by atoms with Crippen molar-refractivity contribution in [2.75, 3.05) is 0 Å². The van der Waals surface area contributed by atoms with Gasteiger partial charge in [0.05, 0.1) is 4.90 Å². The molecule has 0 bridgehead atoms. The van der Waals surface area contributed by atoms with Gasteiger partial charge in [-0.15, -0.1) is 0 Å². The zero-order valence-corrected chi connectivity index (χ0v) is 10.4. The Morgan fingerprint density at radius 1 is 1.06 bits per heavy atom. The highest BCUT2D eigenvalue weighted by Gasteiger charge is 2.09. The van der Waals surface area contributed by atoms with Crippen molar-refractivity contribution in [1.29, 1.82) is 0 Å². The van der Waals surface area contributed by atoms with Gasteiger partial charge in [0.2, 0.25) is 0 Å². The maximum atomic E-state index is 11.0. The molecule has 0 aliphatic rings. The van der Waals surface area contributed by atoms with Crippen LogP contribution in [-0.2, 0) is 16.5 Å². The molecule has 4 heteroatoms. The fourth-order valence-electron chi connectivity index (χ4n) is 1.88. The highest BCUT2D eigenvalue weighted by Crippen LogP contribution is 2.21. The quantitative estimate of drug-likeness (QED) is 0.852. The summed E-state index contributed by atoms with van der Waals surface area (Å²) in [5.74, 6) is 0. The third-order valence-electron chi connectivity index (χ3n) is 2.71. The molecular weight excluding hydrogens is 236 g/mol. The lowest BCUT2D eigenvalue weighted by Gasteiger charge is -2.04. The first-order valence-electron chi connectivity index (χ1n) is 5.51. The largest absolute Gasteiger partial charge is 0.294 e. The topological polar surface area (TPSA) is 54.4 Å². The summed E-state index contributed by atoms with van der Waals surface area (Å²) < 4.78 is 31.0. The number of aryl methyl sites for hydroxylation is 1. The average molecular weight is 250 g/mol. The lowest BCUT2D eigenvalue weighted by molar-refractivity contribution is 0.483. The zero-order chi connectivity index (χ0) is 12.5. The van der Waals surface area contributed by atoms with E-state index in [2.05, 4.69) is 6.92 Å². The smallest absolute Gasteiger partial charge is 0.282 e. The first-order chi connectivity index (χ1) is 8.00. The average Bonchev–Trinajstić information content (AvgIpc) is 2.27. The Labute approximate surface area is 101 Å². The van der Waals surface area contributed by atoms with Gasteiger partial charge >= 0.3 is 0 Å². The monoisotopic (exact) mass is 250 g/mol. The van der Waals surface area contributed by atoms with Crippen LogP contribution in [0.3, 0.4) is 0 Å². The summed E-state index contributed by atoms with van der Waals surface area (Å²) in [5.41, 5.74) is 1.24. The molecule has 0 saturated carbocycles. The van der Waals surface area contributed by atoms with Gasteiger partial charge in [0.15, 0.2) is 0 Å². The molecule has 0 saturated heterocycles. The minimum atomic E-state index is -4.11. The molecule has 2 aromatic rings. The van der Waals surface area contributed by atoms with Gasteiger partial charge in [-0.05, 0) is 34.9 Å². The number of rotatable bonds is 3. The lowest BCUT2D eigenvalue weighted by atomic mass is 10.0. The number of fused-ring (bicyclic) bond motifs is 1. The number of benzene rings is 2. The van der Waals surface area contributed by atoms with Crippen molar-refractivity contribution < 1.29 is 13.0 Å². The van der Waals surface area contributed by atoms with Crippen LogP contribution in [-0.4, -0.2) is 13.0 Å². The molecule has 0 amide bonds. The van der Waals surface area contributed by atoms with Crippen molar-refractivity contribution in [3.63, 3.8) is 0 Å². The van der Waals surface area contributed by atoms with Crippen LogP contribution in [0.4, 0.5) is 0 Å². The van der Waals surface area contributed by atoms with Crippen molar-refractivity contribution in [3.8, 4) is 0 Å². The Morgan fingerprint density at radius 2 is 1.71 bits per heavy atom. The van der Waals surface area contributed by atoms with Crippen LogP contribution in [0.1, 0.15) is 18.9 Å². The summed E-state index contributed by atoms with van der Waals surface area (Å²) in [6.07, 6.45) is 2.09. The van der Waals surface area contributed by atoms with E-state index in [0.29, 0.717) is 0 Å². The molecule has 0 fully saturated rings. The number of hydrogen-bond donors (Lipinski definition) is 1. The van der Waals surface area contributed by atoms with Gasteiger partial charge in [0.1, 0.15) is 0 Å². The van der Waals surface area contributed by atoms with Crippen LogP contribution in [0, 0.1) is 0 Å². The highest BCUT2D eigenvalue weighted by molar-refractivity contribution is 7.85. The van der Waals surface area contributed by atoms with Crippen molar-refractivity contribution in [1.82, 2.24) is 0 Å². The minimum absolute atomic E-state index is 0.0618. The Hall–Kier alpha value is -1.39. The van der Waals surface area contributed by atoms with E-state index < -0.39 is 10.1 Å². The predicted octanol–water partition coefficient (Wildman–Crippen LogP) is 3.04. The van der Waals surface area contributed by atoms with Crippen molar-refractivity contribution in [2.45, 2.75) is 24.7 Å². The van der Waals surface area contributed by atoms with Crippen molar-refractivity contribution >= 4 is 20.9 Å². The SMILES string of the molecule is CCCc1ccc2cc(S(=O)(=O)O)ccc2c1. The number of hydrogen-bond acceptors (Lipinski definition) is 2. The molecule has 0 unspecified atom stereocenters. The van der Waals surface area contributed by atoms with Gasteiger partial charge in [0, 0.05) is 0 Å². The molecule has 0 radical (unpaired) electrons. The second kappa shape index (κ2) is 4.47. The highest BCUT2D eigenvalue weighted by atomic mass is 32.2. The molecule has 0 atom stereocenters. The first-order valence-corrected chi connectivity index (χ1v) is 6.95. The Balaban J connectivity index is 2.54. The molecule has 0 heterocycles. The van der Waals surface area contributed by atoms with Crippen molar-refractivity contribution in [3.05, 3.63) is 42.0 Å². The second-order valence-corrected chi connectivity index (χ2v) is 5.49. The van der Waals surface area contributed by atoms with Gasteiger partial charge in [-0.3, -0.25) is 4.55 Å². The molecule has 0 aromatic heterocycles. The summed E-state index contributed by atoms with van der Waals surface area (Å²) in [4.78, 5) is -0.0618. The molecule has 0 aliphatic carbocycles. The summed E-state index contributed by atoms with van der Waals surface area (Å²) in [6.45, 7) is 2.12. The molecule has 2 rings (SSSR count). The van der Waals surface area contributed by atoms with Crippen LogP contribution < -0.4 is 0 Å². The Morgan fingerprint density at radius 3 is 2.35 bits per heavy atom. The second-order valence-electron chi connectivity index (χ2n) is 4.07. The van der Waals surface area contributed by atoms with Gasteiger partial charge in [0.25, 0.3) is 10.1 Å². The van der Waals surface area contributed by atoms with Crippen LogP contribution in [0.2, 0.25) is 0 Å². The van der Waals surface area contributed by atoms with Gasteiger partial charge in [-0.25, -0.2) is 0 Å². The molecular formula is C13H14O3S. The van der Waals surface area contributed by atoms with E-state index in [9.17, 15) is 8.42 Å². The van der Waals surface area contributed by atoms with Gasteiger partial charge in [-0.2, -0.15) is 8.42 Å².